The summed E-state index contributed by atoms with van der Waals surface area (Å²) in [4.78, 5) is 17.2. The Labute approximate surface area is 220 Å². The molecule has 0 spiro atoms. The fourth-order valence-corrected chi connectivity index (χ4v) is 7.08. The zero-order valence-corrected chi connectivity index (χ0v) is 22.4. The van der Waals surface area contributed by atoms with Gasteiger partial charge in [-0.05, 0) is 56.9 Å². The van der Waals surface area contributed by atoms with E-state index < -0.39 is 6.17 Å². The molecule has 6 rings (SSSR count). The van der Waals surface area contributed by atoms with Gasteiger partial charge in [0, 0.05) is 57.2 Å². The monoisotopic (exact) mass is 508 g/mol. The van der Waals surface area contributed by atoms with Crippen LogP contribution in [0.3, 0.4) is 0 Å². The molecule has 3 fully saturated rings. The lowest BCUT2D eigenvalue weighted by Crippen LogP contribution is -2.43. The first-order chi connectivity index (χ1) is 18.1. The normalized spacial score (nSPS) is 28.7. The van der Waals surface area contributed by atoms with Gasteiger partial charge >= 0.3 is 6.01 Å². The van der Waals surface area contributed by atoms with E-state index in [1.165, 1.54) is 16.7 Å². The van der Waals surface area contributed by atoms with E-state index >= 15 is 0 Å². The maximum atomic E-state index is 14.3. The van der Waals surface area contributed by atoms with Crippen LogP contribution in [0.5, 0.6) is 6.01 Å². The van der Waals surface area contributed by atoms with Gasteiger partial charge < -0.3 is 15.0 Å². The van der Waals surface area contributed by atoms with E-state index in [9.17, 15) is 4.39 Å². The summed E-state index contributed by atoms with van der Waals surface area (Å²) in [7, 11) is 2.22. The highest BCUT2D eigenvalue weighted by molar-refractivity contribution is 5.52. The molecule has 4 aliphatic rings. The van der Waals surface area contributed by atoms with Gasteiger partial charge in [0.05, 0.1) is 11.2 Å². The van der Waals surface area contributed by atoms with Gasteiger partial charge in [0.1, 0.15) is 18.6 Å². The molecule has 4 aliphatic heterocycles. The number of aryl methyl sites for hydroxylation is 1. The summed E-state index contributed by atoms with van der Waals surface area (Å²) in [6, 6.07) is 9.53. The molecule has 3 atom stereocenters. The summed E-state index contributed by atoms with van der Waals surface area (Å²) in [5.74, 6) is 1.02. The molecule has 1 aromatic carbocycles. The Kier molecular flexibility index (Phi) is 7.07. The molecule has 2 unspecified atom stereocenters. The molecular formula is C29H41FN6O. The van der Waals surface area contributed by atoms with Crippen molar-refractivity contribution >= 4 is 5.82 Å². The number of hydrogen-bond acceptors (Lipinski definition) is 7. The van der Waals surface area contributed by atoms with E-state index in [1.54, 1.807) is 0 Å². The lowest BCUT2D eigenvalue weighted by molar-refractivity contribution is 0.106. The van der Waals surface area contributed by atoms with Gasteiger partial charge in [0.2, 0.25) is 0 Å². The number of nitrogens with one attached hydrogen (secondary N) is 1. The third kappa shape index (κ3) is 4.84. The second kappa shape index (κ2) is 10.5. The summed E-state index contributed by atoms with van der Waals surface area (Å²) < 4.78 is 20.7. The van der Waals surface area contributed by atoms with Gasteiger partial charge in [-0.1, -0.05) is 31.2 Å². The third-order valence-electron chi connectivity index (χ3n) is 9.04. The van der Waals surface area contributed by atoms with Gasteiger partial charge in [-0.3, -0.25) is 9.80 Å². The van der Waals surface area contributed by atoms with Crippen LogP contribution >= 0.6 is 0 Å². The first-order valence-electron chi connectivity index (χ1n) is 14.2. The minimum Gasteiger partial charge on any atom is -0.461 e. The molecule has 0 saturated carbocycles. The Bertz CT molecular complexity index is 1110. The minimum atomic E-state index is -0.761. The van der Waals surface area contributed by atoms with E-state index in [2.05, 4.69) is 58.3 Å². The number of ether oxygens (including phenoxy) is 1. The molecule has 0 aliphatic carbocycles. The smallest absolute Gasteiger partial charge is 0.318 e. The first kappa shape index (κ1) is 25.0. The second-order valence-corrected chi connectivity index (χ2v) is 11.4. The van der Waals surface area contributed by atoms with Crippen molar-refractivity contribution in [3.8, 4) is 6.01 Å². The van der Waals surface area contributed by atoms with Crippen molar-refractivity contribution < 1.29 is 9.13 Å². The van der Waals surface area contributed by atoms with Gasteiger partial charge in [-0.15, -0.1) is 0 Å². The Morgan fingerprint density at radius 2 is 2.03 bits per heavy atom. The van der Waals surface area contributed by atoms with Crippen LogP contribution in [0.25, 0.3) is 0 Å². The number of alkyl halides is 1. The van der Waals surface area contributed by atoms with Crippen molar-refractivity contribution in [3.63, 3.8) is 0 Å². The zero-order valence-electron chi connectivity index (χ0n) is 22.4. The average molecular weight is 509 g/mol. The number of halogens is 1. The fourth-order valence-electron chi connectivity index (χ4n) is 7.08. The topological polar surface area (TPSA) is 56.8 Å². The molecule has 37 heavy (non-hydrogen) atoms. The number of fused-ring (bicyclic) bond motifs is 2. The Hall–Kier alpha value is -2.29. The molecule has 5 heterocycles. The maximum Gasteiger partial charge on any atom is 0.318 e. The third-order valence-corrected chi connectivity index (χ3v) is 9.04. The van der Waals surface area contributed by atoms with Crippen molar-refractivity contribution in [2.24, 2.45) is 0 Å². The summed E-state index contributed by atoms with van der Waals surface area (Å²) in [5.41, 5.74) is 4.91. The van der Waals surface area contributed by atoms with E-state index in [-0.39, 0.29) is 11.6 Å². The van der Waals surface area contributed by atoms with Crippen LogP contribution in [-0.4, -0.2) is 84.4 Å². The molecule has 7 nitrogen and oxygen atoms in total. The summed E-state index contributed by atoms with van der Waals surface area (Å²) in [5, 5.41) is 3.51. The minimum absolute atomic E-state index is 0.200. The lowest BCUT2D eigenvalue weighted by atomic mass is 9.90. The number of aromatic nitrogens is 2. The standard InChI is InChI=1S/C29H41FN6O/c1-3-21-8-4-5-9-23(21)26-16-25-24(19-34(26)2)27(35-13-7-11-31-12-15-35)33-28(32-25)37-20-29-10-6-14-36(29)18-22(30)17-29/h4-5,8-9,22,26,31H,3,6-7,10-20H2,1-2H3/t22?,26?,29-/m0/s1. The van der Waals surface area contributed by atoms with Gasteiger partial charge in [0.25, 0.3) is 0 Å². The van der Waals surface area contributed by atoms with Crippen molar-refractivity contribution in [2.75, 3.05) is 57.8 Å². The molecular weight excluding hydrogens is 467 g/mol. The predicted octanol–water partition coefficient (Wildman–Crippen LogP) is 3.52. The number of anilines is 1. The van der Waals surface area contributed by atoms with Crippen LogP contribution in [0, 0.1) is 0 Å². The van der Waals surface area contributed by atoms with Crippen LogP contribution < -0.4 is 15.0 Å². The van der Waals surface area contributed by atoms with Crippen molar-refractivity contribution in [1.82, 2.24) is 25.1 Å². The van der Waals surface area contributed by atoms with Crippen LogP contribution in [-0.2, 0) is 19.4 Å². The molecule has 0 amide bonds. The van der Waals surface area contributed by atoms with Crippen molar-refractivity contribution in [2.45, 2.75) is 69.7 Å². The average Bonchev–Trinajstić information content (AvgIpc) is 3.28. The Morgan fingerprint density at radius 1 is 1.14 bits per heavy atom. The van der Waals surface area contributed by atoms with Crippen molar-refractivity contribution in [3.05, 3.63) is 46.6 Å². The molecule has 0 bridgehead atoms. The summed E-state index contributed by atoms with van der Waals surface area (Å²) >= 11 is 0. The van der Waals surface area contributed by atoms with Gasteiger partial charge in [-0.2, -0.15) is 9.97 Å². The van der Waals surface area contributed by atoms with Gasteiger partial charge in [-0.25, -0.2) is 4.39 Å². The molecule has 8 heteroatoms. The number of rotatable bonds is 6. The highest BCUT2D eigenvalue weighted by atomic mass is 19.1. The van der Waals surface area contributed by atoms with Crippen molar-refractivity contribution in [1.29, 1.82) is 0 Å². The van der Waals surface area contributed by atoms with E-state index in [4.69, 9.17) is 14.7 Å². The molecule has 0 radical (unpaired) electrons. The second-order valence-electron chi connectivity index (χ2n) is 11.4. The Morgan fingerprint density at radius 3 is 2.92 bits per heavy atom. The van der Waals surface area contributed by atoms with Gasteiger partial charge in [0.15, 0.2) is 0 Å². The molecule has 2 aromatic rings. The quantitative estimate of drug-likeness (QED) is 0.641. The van der Waals surface area contributed by atoms with Crippen LogP contribution in [0.2, 0.25) is 0 Å². The number of nitrogens with zero attached hydrogens (tertiary/aromatic N) is 5. The molecule has 1 N–H and O–H groups in total. The fraction of sp³-hybridized carbons (Fsp3) is 0.655. The maximum absolute atomic E-state index is 14.3. The van der Waals surface area contributed by atoms with Crippen LogP contribution in [0.1, 0.15) is 61.0 Å². The zero-order chi connectivity index (χ0) is 25.4. The number of likely N-dealkylation sites (N-methyl/N-ethyl adjacent to an activating group) is 1. The molecule has 200 valence electrons. The Balaban J connectivity index is 1.33. The highest BCUT2D eigenvalue weighted by Crippen LogP contribution is 2.41. The number of hydrogen-bond donors (Lipinski definition) is 1. The highest BCUT2D eigenvalue weighted by Gasteiger charge is 2.49. The van der Waals surface area contributed by atoms with Crippen LogP contribution in [0.4, 0.5) is 10.2 Å². The predicted molar refractivity (Wildman–Crippen MR) is 144 cm³/mol. The number of benzene rings is 1. The SMILES string of the molecule is CCc1ccccc1C1Cc2nc(OC[C@@]34CCCN3CC(F)C4)nc(N3CCCNCC3)c2CN1C. The van der Waals surface area contributed by atoms with E-state index in [0.717, 1.165) is 82.9 Å². The first-order valence-corrected chi connectivity index (χ1v) is 14.2. The molecule has 1 aromatic heterocycles. The van der Waals surface area contributed by atoms with Crippen LogP contribution in [0.15, 0.2) is 24.3 Å². The van der Waals surface area contributed by atoms with E-state index in [1.807, 2.05) is 0 Å². The summed E-state index contributed by atoms with van der Waals surface area (Å²) in [6.45, 7) is 8.90. The van der Waals surface area contributed by atoms with E-state index in [0.29, 0.717) is 25.6 Å². The lowest BCUT2D eigenvalue weighted by Gasteiger charge is -2.37. The summed E-state index contributed by atoms with van der Waals surface area (Å²) in [6.07, 6.45) is 4.84. The largest absolute Gasteiger partial charge is 0.461 e. The molecule has 3 saturated heterocycles.